The van der Waals surface area contributed by atoms with Crippen molar-refractivity contribution < 1.29 is 31.5 Å². The van der Waals surface area contributed by atoms with E-state index in [0.29, 0.717) is 6.20 Å². The lowest BCUT2D eigenvalue weighted by atomic mass is 9.88. The predicted octanol–water partition coefficient (Wildman–Crippen LogP) is 4.85. The Labute approximate surface area is 205 Å². The van der Waals surface area contributed by atoms with Crippen molar-refractivity contribution >= 4 is 34.7 Å². The molecule has 0 bridgehead atoms. The average Bonchev–Trinajstić information content (AvgIpc) is 3.30. The summed E-state index contributed by atoms with van der Waals surface area (Å²) in [7, 11) is 0. The zero-order valence-corrected chi connectivity index (χ0v) is 19.9. The third-order valence-electron chi connectivity index (χ3n) is 5.64. The molecular formula is C21H20ClF5N6O3. The van der Waals surface area contributed by atoms with Crippen LogP contribution in [0, 0.1) is 5.92 Å². The van der Waals surface area contributed by atoms with Crippen LogP contribution in [0.5, 0.6) is 5.75 Å². The summed E-state index contributed by atoms with van der Waals surface area (Å²) in [6.07, 6.45) is -3.04. The van der Waals surface area contributed by atoms with Crippen molar-refractivity contribution in [3.8, 4) is 5.75 Å². The Hall–Kier alpha value is -3.42. The van der Waals surface area contributed by atoms with E-state index in [0.717, 1.165) is 28.6 Å². The first-order valence-electron chi connectivity index (χ1n) is 10.6. The molecule has 0 spiro atoms. The molecule has 3 aromatic rings. The number of urea groups is 1. The number of anilines is 2. The van der Waals surface area contributed by atoms with Crippen LogP contribution in [0.2, 0.25) is 5.15 Å². The fourth-order valence-corrected chi connectivity index (χ4v) is 4.01. The highest BCUT2D eigenvalue weighted by atomic mass is 35.5. The van der Waals surface area contributed by atoms with Gasteiger partial charge >= 0.3 is 18.8 Å². The zero-order valence-electron chi connectivity index (χ0n) is 19.1. The number of halogens is 6. The molecule has 4 heterocycles. The fourth-order valence-electron chi connectivity index (χ4n) is 3.83. The molecule has 0 aliphatic carbocycles. The molecule has 9 nitrogen and oxygen atoms in total. The van der Waals surface area contributed by atoms with E-state index in [2.05, 4.69) is 15.4 Å². The van der Waals surface area contributed by atoms with E-state index in [-0.39, 0.29) is 45.0 Å². The predicted molar refractivity (Wildman–Crippen MR) is 120 cm³/mol. The van der Waals surface area contributed by atoms with Crippen molar-refractivity contribution in [2.75, 3.05) is 23.4 Å². The van der Waals surface area contributed by atoms with Gasteiger partial charge in [0.2, 0.25) is 0 Å². The number of carbonyl (C=O) groups excluding carboxylic acids is 1. The molecule has 0 aromatic carbocycles. The summed E-state index contributed by atoms with van der Waals surface area (Å²) >= 11 is 5.86. The number of pyridine rings is 1. The van der Waals surface area contributed by atoms with Crippen LogP contribution in [-0.2, 0) is 5.41 Å². The van der Waals surface area contributed by atoms with Gasteiger partial charge in [-0.2, -0.15) is 27.1 Å². The number of aromatic nitrogens is 4. The standard InChI is InChI=1S/C21H20ClF5N6O3/c1-10(2)8-36-13-4-11(7-31(17(13)34)18(23)24)29-19(35)32-9-20(3,21(25,26)27)16-12(32)6-28-15-5-14(22)30-33(15)16/h4-7,10,18H,8-9H2,1-3H3,(H,29,35)/t20-/m1/s1. The van der Waals surface area contributed by atoms with Gasteiger partial charge in [-0.1, -0.05) is 25.4 Å². The third kappa shape index (κ3) is 4.33. The first-order chi connectivity index (χ1) is 16.7. The monoisotopic (exact) mass is 534 g/mol. The molecule has 1 N–H and O–H groups in total. The van der Waals surface area contributed by atoms with Crippen molar-refractivity contribution in [3.05, 3.63) is 45.7 Å². The van der Waals surface area contributed by atoms with E-state index in [1.165, 1.54) is 6.07 Å². The fraction of sp³-hybridized carbons (Fsp3) is 0.429. The number of amides is 2. The normalized spacial score (nSPS) is 17.8. The Morgan fingerprint density at radius 3 is 2.61 bits per heavy atom. The molecule has 15 heteroatoms. The van der Waals surface area contributed by atoms with Crippen molar-refractivity contribution in [2.24, 2.45) is 5.92 Å². The van der Waals surface area contributed by atoms with Crippen LogP contribution < -0.4 is 20.5 Å². The number of rotatable bonds is 5. The first-order valence-corrected chi connectivity index (χ1v) is 11.0. The van der Waals surface area contributed by atoms with Crippen molar-refractivity contribution in [2.45, 2.75) is 38.9 Å². The van der Waals surface area contributed by atoms with Crippen molar-refractivity contribution in [1.29, 1.82) is 0 Å². The molecule has 0 radical (unpaired) electrons. The van der Waals surface area contributed by atoms with Gasteiger partial charge in [-0.05, 0) is 12.8 Å². The van der Waals surface area contributed by atoms with E-state index < -0.39 is 42.0 Å². The summed E-state index contributed by atoms with van der Waals surface area (Å²) in [6.45, 7) is 0.394. The van der Waals surface area contributed by atoms with Crippen molar-refractivity contribution in [1.82, 2.24) is 19.2 Å². The highest BCUT2D eigenvalue weighted by molar-refractivity contribution is 6.29. The Balaban J connectivity index is 1.75. The topological polar surface area (TPSA) is 93.8 Å². The molecule has 3 aromatic heterocycles. The van der Waals surface area contributed by atoms with Gasteiger partial charge in [0.1, 0.15) is 5.41 Å². The van der Waals surface area contributed by atoms with E-state index in [9.17, 15) is 31.5 Å². The first kappa shape index (κ1) is 25.7. The molecule has 0 fully saturated rings. The average molecular weight is 535 g/mol. The summed E-state index contributed by atoms with van der Waals surface area (Å²) in [5, 5.41) is 6.07. The number of alkyl halides is 5. The van der Waals surface area contributed by atoms with Crippen LogP contribution in [0.15, 0.2) is 29.3 Å². The van der Waals surface area contributed by atoms with Gasteiger partial charge in [-0.15, -0.1) is 0 Å². The number of hydrogen-bond acceptors (Lipinski definition) is 5. The summed E-state index contributed by atoms with van der Waals surface area (Å²) in [4.78, 5) is 30.2. The highest BCUT2D eigenvalue weighted by Gasteiger charge is 2.60. The van der Waals surface area contributed by atoms with Gasteiger partial charge in [0, 0.05) is 24.9 Å². The van der Waals surface area contributed by atoms with Gasteiger partial charge < -0.3 is 10.1 Å². The molecule has 4 rings (SSSR count). The van der Waals surface area contributed by atoms with Crippen LogP contribution in [-0.4, -0.2) is 44.5 Å². The van der Waals surface area contributed by atoms with Crippen LogP contribution in [0.4, 0.5) is 38.1 Å². The van der Waals surface area contributed by atoms with E-state index in [1.807, 2.05) is 0 Å². The lowest BCUT2D eigenvalue weighted by molar-refractivity contribution is -0.181. The van der Waals surface area contributed by atoms with Gasteiger partial charge in [0.05, 0.1) is 29.9 Å². The van der Waals surface area contributed by atoms with Gasteiger partial charge in [-0.25, -0.2) is 14.3 Å². The lowest BCUT2D eigenvalue weighted by Crippen LogP contribution is -2.46. The SMILES string of the molecule is CC(C)COc1cc(NC(=O)N2C[C@@](C)(C(F)(F)F)c3c2cnc2cc(Cl)nn32)cn(C(F)F)c1=O. The molecule has 2 amide bonds. The van der Waals surface area contributed by atoms with Crippen LogP contribution in [0.1, 0.15) is 33.0 Å². The molecule has 0 saturated carbocycles. The smallest absolute Gasteiger partial charge is 0.401 e. The molecular weight excluding hydrogens is 515 g/mol. The maximum absolute atomic E-state index is 14.2. The molecule has 0 unspecified atom stereocenters. The molecule has 0 saturated heterocycles. The van der Waals surface area contributed by atoms with E-state index >= 15 is 0 Å². The largest absolute Gasteiger partial charge is 0.488 e. The Morgan fingerprint density at radius 1 is 1.31 bits per heavy atom. The van der Waals surface area contributed by atoms with Crippen LogP contribution in [0.25, 0.3) is 5.65 Å². The quantitative estimate of drug-likeness (QED) is 0.473. The minimum absolute atomic E-state index is 0.0351. The second-order valence-corrected chi connectivity index (χ2v) is 9.25. The maximum atomic E-state index is 14.2. The van der Waals surface area contributed by atoms with Crippen LogP contribution >= 0.6 is 11.6 Å². The van der Waals surface area contributed by atoms with Gasteiger partial charge in [0.15, 0.2) is 16.5 Å². The molecule has 36 heavy (non-hydrogen) atoms. The summed E-state index contributed by atoms with van der Waals surface area (Å²) < 4.78 is 75.8. The minimum Gasteiger partial charge on any atom is -0.488 e. The summed E-state index contributed by atoms with van der Waals surface area (Å²) in [5.74, 6) is -0.484. The van der Waals surface area contributed by atoms with Gasteiger partial charge in [-0.3, -0.25) is 14.3 Å². The molecule has 1 aliphatic heterocycles. The number of nitrogens with one attached hydrogen (secondary N) is 1. The lowest BCUT2D eigenvalue weighted by Gasteiger charge is -2.28. The number of fused-ring (bicyclic) bond motifs is 3. The van der Waals surface area contributed by atoms with Gasteiger partial charge in [0.25, 0.3) is 5.56 Å². The second kappa shape index (κ2) is 8.91. The minimum atomic E-state index is -4.80. The molecule has 1 atom stereocenters. The Morgan fingerprint density at radius 2 is 2.00 bits per heavy atom. The molecule has 1 aliphatic rings. The second-order valence-electron chi connectivity index (χ2n) is 8.86. The highest BCUT2D eigenvalue weighted by Crippen LogP contribution is 2.50. The van der Waals surface area contributed by atoms with Crippen LogP contribution in [0.3, 0.4) is 0 Å². The zero-order chi connectivity index (χ0) is 26.6. The Bertz CT molecular complexity index is 1390. The number of nitrogens with zero attached hydrogens (tertiary/aromatic N) is 5. The van der Waals surface area contributed by atoms with E-state index in [4.69, 9.17) is 16.3 Å². The summed E-state index contributed by atoms with van der Waals surface area (Å²) in [6, 6.07) is 1.24. The maximum Gasteiger partial charge on any atom is 0.401 e. The summed E-state index contributed by atoms with van der Waals surface area (Å²) in [5.41, 5.74) is -4.46. The Kier molecular flexibility index (Phi) is 6.35. The van der Waals surface area contributed by atoms with Crippen molar-refractivity contribution in [3.63, 3.8) is 0 Å². The molecule has 194 valence electrons. The number of carbonyl (C=O) groups is 1. The number of hydrogen-bond donors (Lipinski definition) is 1. The number of ether oxygens (including phenoxy) is 1. The third-order valence-corrected chi connectivity index (χ3v) is 5.82. The van der Waals surface area contributed by atoms with E-state index in [1.54, 1.807) is 13.8 Å².